The summed E-state index contributed by atoms with van der Waals surface area (Å²) in [6, 6.07) is 13.2. The van der Waals surface area contributed by atoms with Crippen LogP contribution in [0.5, 0.6) is 5.75 Å². The number of nitrogens with zero attached hydrogens (tertiary/aromatic N) is 1. The largest absolute Gasteiger partial charge is 0.482 e. The number of hydrogen-bond donors (Lipinski definition) is 1. The molecule has 0 atom stereocenters. The van der Waals surface area contributed by atoms with Gasteiger partial charge in [0.25, 0.3) is 5.91 Å². The van der Waals surface area contributed by atoms with Crippen molar-refractivity contribution in [2.75, 3.05) is 16.8 Å². The number of nitrogens with one attached hydrogen (secondary N) is 1. The van der Waals surface area contributed by atoms with Gasteiger partial charge >= 0.3 is 0 Å². The number of ether oxygens (including phenoxy) is 1. The van der Waals surface area contributed by atoms with Crippen molar-refractivity contribution in [2.24, 2.45) is 5.92 Å². The Morgan fingerprint density at radius 3 is 2.65 bits per heavy atom. The molecule has 0 saturated carbocycles. The van der Waals surface area contributed by atoms with Gasteiger partial charge in [-0.1, -0.05) is 41.9 Å². The lowest BCUT2D eigenvalue weighted by Crippen LogP contribution is -2.38. The molecule has 136 valence electrons. The minimum Gasteiger partial charge on any atom is -0.482 e. The van der Waals surface area contributed by atoms with Crippen LogP contribution in [0.2, 0.25) is 0 Å². The maximum atomic E-state index is 12.4. The lowest BCUT2D eigenvalue weighted by atomic mass is 10.1. The molecule has 0 spiro atoms. The number of hydrogen-bond acceptors (Lipinski definition) is 3. The number of carbonyl (C=O) groups excluding carboxylic acids is 2. The number of halogens is 1. The van der Waals surface area contributed by atoms with E-state index in [9.17, 15) is 9.59 Å². The van der Waals surface area contributed by atoms with Crippen LogP contribution in [0.25, 0.3) is 0 Å². The maximum absolute atomic E-state index is 12.4. The van der Waals surface area contributed by atoms with Crippen LogP contribution in [0.15, 0.2) is 46.9 Å². The normalized spacial score (nSPS) is 13.4. The highest BCUT2D eigenvalue weighted by Crippen LogP contribution is 2.35. The third kappa shape index (κ3) is 4.43. The minimum absolute atomic E-state index is 0.0165. The molecule has 1 aliphatic heterocycles. The molecule has 0 unspecified atom stereocenters. The monoisotopic (exact) mass is 416 g/mol. The van der Waals surface area contributed by atoms with Gasteiger partial charge in [0.05, 0.1) is 12.2 Å². The summed E-state index contributed by atoms with van der Waals surface area (Å²) in [6.45, 7) is 4.46. The Balaban J connectivity index is 1.84. The summed E-state index contributed by atoms with van der Waals surface area (Å²) in [5.74, 6) is 0.781. The molecule has 0 bridgehead atoms. The molecule has 0 saturated heterocycles. The van der Waals surface area contributed by atoms with Crippen LogP contribution < -0.4 is 15.0 Å². The van der Waals surface area contributed by atoms with E-state index < -0.39 is 0 Å². The standard InChI is InChI=1S/C20H21BrN2O3/c1-13(2)9-19(24)22-16-7-8-18-17(10-16)23(20(25)12-26-18)11-14-3-5-15(21)6-4-14/h3-8,10,13H,9,11-12H2,1-2H3,(H,22,24). The van der Waals surface area contributed by atoms with Crippen LogP contribution in [0.1, 0.15) is 25.8 Å². The zero-order valence-corrected chi connectivity index (χ0v) is 16.4. The van der Waals surface area contributed by atoms with E-state index in [0.29, 0.717) is 30.1 Å². The van der Waals surface area contributed by atoms with Gasteiger partial charge in [0.1, 0.15) is 5.75 Å². The van der Waals surface area contributed by atoms with E-state index in [1.165, 1.54) is 0 Å². The van der Waals surface area contributed by atoms with Crippen molar-refractivity contribution < 1.29 is 14.3 Å². The first-order chi connectivity index (χ1) is 12.4. The molecule has 0 radical (unpaired) electrons. The molecule has 5 nitrogen and oxygen atoms in total. The number of carbonyl (C=O) groups is 2. The van der Waals surface area contributed by atoms with Crippen LogP contribution in [-0.2, 0) is 16.1 Å². The Labute approximate surface area is 161 Å². The fourth-order valence-corrected chi connectivity index (χ4v) is 3.07. The lowest BCUT2D eigenvalue weighted by molar-refractivity contribution is -0.121. The molecular formula is C20H21BrN2O3. The summed E-state index contributed by atoms with van der Waals surface area (Å²) >= 11 is 3.42. The van der Waals surface area contributed by atoms with Crippen molar-refractivity contribution >= 4 is 39.1 Å². The molecule has 26 heavy (non-hydrogen) atoms. The number of anilines is 2. The summed E-state index contributed by atoms with van der Waals surface area (Å²) in [7, 11) is 0. The van der Waals surface area contributed by atoms with Crippen molar-refractivity contribution in [3.05, 3.63) is 52.5 Å². The molecule has 1 N–H and O–H groups in total. The fraction of sp³-hybridized carbons (Fsp3) is 0.300. The predicted molar refractivity (Wildman–Crippen MR) is 105 cm³/mol. The smallest absolute Gasteiger partial charge is 0.265 e. The zero-order chi connectivity index (χ0) is 18.7. The van der Waals surface area contributed by atoms with Crippen molar-refractivity contribution in [1.82, 2.24) is 0 Å². The van der Waals surface area contributed by atoms with E-state index in [1.807, 2.05) is 38.1 Å². The zero-order valence-electron chi connectivity index (χ0n) is 14.8. The van der Waals surface area contributed by atoms with Gasteiger partial charge in [0.15, 0.2) is 6.61 Å². The Kier molecular flexibility index (Phi) is 5.61. The maximum Gasteiger partial charge on any atom is 0.265 e. The number of fused-ring (bicyclic) bond motifs is 1. The highest BCUT2D eigenvalue weighted by atomic mass is 79.9. The van der Waals surface area contributed by atoms with Crippen LogP contribution >= 0.6 is 15.9 Å². The lowest BCUT2D eigenvalue weighted by Gasteiger charge is -2.30. The Hall–Kier alpha value is -2.34. The summed E-state index contributed by atoms with van der Waals surface area (Å²) < 4.78 is 6.53. The Morgan fingerprint density at radius 2 is 1.96 bits per heavy atom. The summed E-state index contributed by atoms with van der Waals surface area (Å²) in [5.41, 5.74) is 2.35. The quantitative estimate of drug-likeness (QED) is 0.787. The number of rotatable bonds is 5. The third-order valence-corrected chi connectivity index (χ3v) is 4.56. The van der Waals surface area contributed by atoms with E-state index in [-0.39, 0.29) is 24.3 Å². The SMILES string of the molecule is CC(C)CC(=O)Nc1ccc2c(c1)N(Cc1ccc(Br)cc1)C(=O)CO2. The van der Waals surface area contributed by atoms with Crippen LogP contribution in [0.3, 0.4) is 0 Å². The van der Waals surface area contributed by atoms with E-state index in [0.717, 1.165) is 10.0 Å². The minimum atomic E-state index is -0.105. The molecule has 3 rings (SSSR count). The van der Waals surface area contributed by atoms with Crippen LogP contribution in [-0.4, -0.2) is 18.4 Å². The molecule has 2 amide bonds. The highest BCUT2D eigenvalue weighted by Gasteiger charge is 2.26. The Bertz CT molecular complexity index is 818. The summed E-state index contributed by atoms with van der Waals surface area (Å²) in [5, 5.41) is 2.89. The third-order valence-electron chi connectivity index (χ3n) is 4.03. The molecule has 1 aliphatic rings. The fourth-order valence-electron chi connectivity index (χ4n) is 2.81. The van der Waals surface area contributed by atoms with Gasteiger partial charge < -0.3 is 15.0 Å². The number of amides is 2. The van der Waals surface area contributed by atoms with Crippen molar-refractivity contribution in [3.63, 3.8) is 0 Å². The molecule has 6 heteroatoms. The first kappa shape index (κ1) is 18.5. The van der Waals surface area contributed by atoms with Gasteiger partial charge in [0.2, 0.25) is 5.91 Å². The van der Waals surface area contributed by atoms with Gasteiger partial charge in [-0.15, -0.1) is 0 Å². The van der Waals surface area contributed by atoms with Gasteiger partial charge in [0, 0.05) is 16.6 Å². The van der Waals surface area contributed by atoms with Crippen molar-refractivity contribution in [2.45, 2.75) is 26.8 Å². The molecule has 2 aromatic rings. The molecular weight excluding hydrogens is 396 g/mol. The average Bonchev–Trinajstić information content (AvgIpc) is 2.58. The molecule has 2 aromatic carbocycles. The van der Waals surface area contributed by atoms with Crippen LogP contribution in [0.4, 0.5) is 11.4 Å². The second kappa shape index (κ2) is 7.91. The molecule has 0 fully saturated rings. The van der Waals surface area contributed by atoms with E-state index in [1.54, 1.807) is 23.1 Å². The van der Waals surface area contributed by atoms with Crippen LogP contribution in [0, 0.1) is 5.92 Å². The first-order valence-corrected chi connectivity index (χ1v) is 9.33. The molecule has 0 aromatic heterocycles. The van der Waals surface area contributed by atoms with E-state index in [2.05, 4.69) is 21.2 Å². The second-order valence-corrected chi connectivity index (χ2v) is 7.64. The molecule has 0 aliphatic carbocycles. The predicted octanol–water partition coefficient (Wildman–Crippen LogP) is 4.36. The van der Waals surface area contributed by atoms with E-state index in [4.69, 9.17) is 4.74 Å². The molecule has 1 heterocycles. The number of benzene rings is 2. The Morgan fingerprint density at radius 1 is 1.23 bits per heavy atom. The van der Waals surface area contributed by atoms with Gasteiger partial charge in [-0.25, -0.2) is 0 Å². The summed E-state index contributed by atoms with van der Waals surface area (Å²) in [6.07, 6.45) is 0.453. The van der Waals surface area contributed by atoms with Gasteiger partial charge in [-0.2, -0.15) is 0 Å². The van der Waals surface area contributed by atoms with Crippen molar-refractivity contribution in [3.8, 4) is 5.75 Å². The highest BCUT2D eigenvalue weighted by molar-refractivity contribution is 9.10. The second-order valence-electron chi connectivity index (χ2n) is 6.72. The average molecular weight is 417 g/mol. The topological polar surface area (TPSA) is 58.6 Å². The van der Waals surface area contributed by atoms with E-state index >= 15 is 0 Å². The van der Waals surface area contributed by atoms with Crippen molar-refractivity contribution in [1.29, 1.82) is 0 Å². The first-order valence-electron chi connectivity index (χ1n) is 8.54. The van der Waals surface area contributed by atoms with Gasteiger partial charge in [-0.3, -0.25) is 9.59 Å². The summed E-state index contributed by atoms with van der Waals surface area (Å²) in [4.78, 5) is 26.1. The van der Waals surface area contributed by atoms with Gasteiger partial charge in [-0.05, 0) is 41.8 Å².